The van der Waals surface area contributed by atoms with Crippen LogP contribution in [0.1, 0.15) is 37.9 Å². The highest BCUT2D eigenvalue weighted by molar-refractivity contribution is 7.99. The third-order valence-corrected chi connectivity index (χ3v) is 7.91. The summed E-state index contributed by atoms with van der Waals surface area (Å²) in [6.07, 6.45) is 2.77. The van der Waals surface area contributed by atoms with Crippen molar-refractivity contribution in [2.45, 2.75) is 43.3 Å². The average molecular weight is 421 g/mol. The van der Waals surface area contributed by atoms with E-state index in [1.807, 2.05) is 41.8 Å². The fraction of sp³-hybridized carbons (Fsp3) is 0.526. The Hall–Kier alpha value is -1.87. The number of aromatic nitrogens is 3. The number of thioether (sulfide) groups is 1. The molecule has 2 aromatic rings. The number of nitrogens with zero attached hydrogens (tertiary/aromatic N) is 4. The van der Waals surface area contributed by atoms with Gasteiger partial charge in [0.1, 0.15) is 5.82 Å². The Morgan fingerprint density at radius 3 is 2.57 bits per heavy atom. The van der Waals surface area contributed by atoms with Crippen molar-refractivity contribution in [1.82, 2.24) is 19.7 Å². The number of hydrogen-bond donors (Lipinski definition) is 0. The first-order chi connectivity index (χ1) is 13.5. The second-order valence-electron chi connectivity index (χ2n) is 7.31. The molecule has 150 valence electrons. The molecule has 0 N–H and O–H groups in total. The van der Waals surface area contributed by atoms with Gasteiger partial charge in [-0.2, -0.15) is 0 Å². The quantitative estimate of drug-likeness (QED) is 0.639. The van der Waals surface area contributed by atoms with Crippen LogP contribution in [0.3, 0.4) is 0 Å². The third-order valence-electron chi connectivity index (χ3n) is 5.25. The zero-order valence-electron chi connectivity index (χ0n) is 15.8. The molecule has 1 atom stereocenters. The summed E-state index contributed by atoms with van der Waals surface area (Å²) in [7, 11) is -3.02. The van der Waals surface area contributed by atoms with E-state index in [0.29, 0.717) is 24.0 Å². The molecule has 1 aliphatic heterocycles. The molecule has 1 saturated carbocycles. The Morgan fingerprint density at radius 2 is 1.96 bits per heavy atom. The van der Waals surface area contributed by atoms with Crippen molar-refractivity contribution in [2.24, 2.45) is 0 Å². The minimum Gasteiger partial charge on any atom is -0.338 e. The number of amides is 1. The summed E-state index contributed by atoms with van der Waals surface area (Å²) in [6.45, 7) is 2.41. The summed E-state index contributed by atoms with van der Waals surface area (Å²) in [5.41, 5.74) is 0.999. The van der Waals surface area contributed by atoms with E-state index in [9.17, 15) is 13.2 Å². The summed E-state index contributed by atoms with van der Waals surface area (Å²) < 4.78 is 25.6. The van der Waals surface area contributed by atoms with E-state index in [-0.39, 0.29) is 29.2 Å². The van der Waals surface area contributed by atoms with Crippen LogP contribution in [0.25, 0.3) is 5.69 Å². The van der Waals surface area contributed by atoms with Gasteiger partial charge in [-0.05, 0) is 38.3 Å². The van der Waals surface area contributed by atoms with E-state index in [2.05, 4.69) is 10.2 Å². The molecule has 1 aromatic heterocycles. The maximum Gasteiger partial charge on any atom is 0.233 e. The fourth-order valence-corrected chi connectivity index (χ4v) is 6.24. The van der Waals surface area contributed by atoms with Gasteiger partial charge in [0.15, 0.2) is 15.0 Å². The molecule has 0 unspecified atom stereocenters. The SMILES string of the molecule is CCN(C(=O)CSc1nnc(C2CC2)n1-c1ccccc1)[C@H]1CCS(=O)(=O)C1. The van der Waals surface area contributed by atoms with Gasteiger partial charge in [0, 0.05) is 24.2 Å². The van der Waals surface area contributed by atoms with Crippen molar-refractivity contribution in [3.63, 3.8) is 0 Å². The van der Waals surface area contributed by atoms with Gasteiger partial charge in [-0.1, -0.05) is 30.0 Å². The van der Waals surface area contributed by atoms with Crippen LogP contribution in [-0.2, 0) is 14.6 Å². The number of hydrogen-bond acceptors (Lipinski definition) is 6. The standard InChI is InChI=1S/C19H24N4O3S2/c1-2-22(16-10-11-28(25,26)13-16)17(24)12-27-19-21-20-18(14-8-9-14)23(19)15-6-4-3-5-7-15/h3-7,14,16H,2,8-13H2,1H3/t16-/m0/s1. The van der Waals surface area contributed by atoms with Crippen LogP contribution in [0.15, 0.2) is 35.5 Å². The summed E-state index contributed by atoms with van der Waals surface area (Å²) in [4.78, 5) is 14.5. The van der Waals surface area contributed by atoms with Crippen LogP contribution in [0.5, 0.6) is 0 Å². The van der Waals surface area contributed by atoms with E-state index < -0.39 is 9.84 Å². The molecular formula is C19H24N4O3S2. The zero-order chi connectivity index (χ0) is 19.7. The van der Waals surface area contributed by atoms with E-state index in [4.69, 9.17) is 0 Å². The Bertz CT molecular complexity index is 955. The van der Waals surface area contributed by atoms with Crippen molar-refractivity contribution in [1.29, 1.82) is 0 Å². The van der Waals surface area contributed by atoms with E-state index in [0.717, 1.165) is 24.4 Å². The van der Waals surface area contributed by atoms with Crippen LogP contribution >= 0.6 is 11.8 Å². The molecule has 4 rings (SSSR count). The maximum atomic E-state index is 12.8. The number of sulfone groups is 1. The molecule has 2 aliphatic rings. The van der Waals surface area contributed by atoms with Crippen LogP contribution < -0.4 is 0 Å². The van der Waals surface area contributed by atoms with Crippen molar-refractivity contribution in [3.8, 4) is 5.69 Å². The van der Waals surface area contributed by atoms with Gasteiger partial charge in [-0.25, -0.2) is 8.42 Å². The zero-order valence-corrected chi connectivity index (χ0v) is 17.5. The topological polar surface area (TPSA) is 85.2 Å². The summed E-state index contributed by atoms with van der Waals surface area (Å²) in [5.74, 6) is 1.81. The number of para-hydroxylation sites is 1. The van der Waals surface area contributed by atoms with E-state index in [1.165, 1.54) is 11.8 Å². The van der Waals surface area contributed by atoms with Gasteiger partial charge in [-0.15, -0.1) is 10.2 Å². The van der Waals surface area contributed by atoms with E-state index >= 15 is 0 Å². The first kappa shape index (κ1) is 19.4. The van der Waals surface area contributed by atoms with Crippen LogP contribution in [0.2, 0.25) is 0 Å². The average Bonchev–Trinajstić information content (AvgIpc) is 3.34. The minimum absolute atomic E-state index is 0.0508. The minimum atomic E-state index is -3.02. The normalized spacial score (nSPS) is 21.0. The van der Waals surface area contributed by atoms with E-state index in [1.54, 1.807) is 4.90 Å². The number of rotatable bonds is 7. The highest BCUT2D eigenvalue weighted by Gasteiger charge is 2.34. The second-order valence-corrected chi connectivity index (χ2v) is 10.5. The smallest absolute Gasteiger partial charge is 0.233 e. The lowest BCUT2D eigenvalue weighted by atomic mass is 10.2. The Labute approximate surface area is 169 Å². The lowest BCUT2D eigenvalue weighted by Gasteiger charge is -2.26. The van der Waals surface area contributed by atoms with Crippen molar-refractivity contribution < 1.29 is 13.2 Å². The second kappa shape index (κ2) is 7.87. The summed E-state index contributed by atoms with van der Waals surface area (Å²) >= 11 is 1.37. The predicted octanol–water partition coefficient (Wildman–Crippen LogP) is 2.27. The van der Waals surface area contributed by atoms with Crippen LogP contribution in [0, 0.1) is 0 Å². The van der Waals surface area contributed by atoms with Crippen molar-refractivity contribution in [3.05, 3.63) is 36.2 Å². The Morgan fingerprint density at radius 1 is 1.21 bits per heavy atom. The Kier molecular flexibility index (Phi) is 5.46. The van der Waals surface area contributed by atoms with Crippen molar-refractivity contribution >= 4 is 27.5 Å². The molecule has 28 heavy (non-hydrogen) atoms. The summed E-state index contributed by atoms with van der Waals surface area (Å²) in [6, 6.07) is 9.74. The Balaban J connectivity index is 1.50. The largest absolute Gasteiger partial charge is 0.338 e. The van der Waals surface area contributed by atoms with Gasteiger partial charge in [0.2, 0.25) is 5.91 Å². The fourth-order valence-electron chi connectivity index (χ4n) is 3.67. The monoisotopic (exact) mass is 420 g/mol. The number of carbonyl (C=O) groups is 1. The lowest BCUT2D eigenvalue weighted by molar-refractivity contribution is -0.129. The molecule has 0 spiro atoms. The van der Waals surface area contributed by atoms with Gasteiger partial charge in [0.25, 0.3) is 0 Å². The molecule has 1 aliphatic carbocycles. The van der Waals surface area contributed by atoms with Gasteiger partial charge < -0.3 is 4.90 Å². The van der Waals surface area contributed by atoms with Crippen LogP contribution in [0.4, 0.5) is 0 Å². The molecule has 2 heterocycles. The first-order valence-corrected chi connectivity index (χ1v) is 12.4. The number of benzene rings is 1. The molecule has 1 aromatic carbocycles. The predicted molar refractivity (Wildman–Crippen MR) is 109 cm³/mol. The third kappa shape index (κ3) is 4.10. The highest BCUT2D eigenvalue weighted by Crippen LogP contribution is 2.41. The molecule has 2 fully saturated rings. The van der Waals surface area contributed by atoms with Gasteiger partial charge >= 0.3 is 0 Å². The molecular weight excluding hydrogens is 396 g/mol. The van der Waals surface area contributed by atoms with Gasteiger partial charge in [0.05, 0.1) is 17.3 Å². The first-order valence-electron chi connectivity index (χ1n) is 9.62. The molecule has 0 bridgehead atoms. The van der Waals surface area contributed by atoms with Gasteiger partial charge in [-0.3, -0.25) is 9.36 Å². The maximum absolute atomic E-state index is 12.8. The molecule has 7 nitrogen and oxygen atoms in total. The summed E-state index contributed by atoms with van der Waals surface area (Å²) in [5, 5.41) is 9.43. The molecule has 1 amide bonds. The van der Waals surface area contributed by atoms with Crippen molar-refractivity contribution in [2.75, 3.05) is 23.8 Å². The molecule has 9 heteroatoms. The van der Waals surface area contributed by atoms with Crippen LogP contribution in [-0.4, -0.2) is 63.8 Å². The highest BCUT2D eigenvalue weighted by atomic mass is 32.2. The molecule has 1 saturated heterocycles. The molecule has 0 radical (unpaired) electrons. The lowest BCUT2D eigenvalue weighted by Crippen LogP contribution is -2.42. The number of carbonyl (C=O) groups excluding carboxylic acids is 1.